The molecule has 2 aromatic rings. The molecule has 5 heteroatoms. The number of rotatable bonds is 1. The number of aromatic amines is 1. The fraction of sp³-hybridized carbons (Fsp3) is 0.250. The molecule has 2 heterocycles. The lowest BCUT2D eigenvalue weighted by atomic mass is 10.2. The number of thioether (sulfide) groups is 1. The highest BCUT2D eigenvalue weighted by Gasteiger charge is 2.20. The van der Waals surface area contributed by atoms with Gasteiger partial charge in [0.25, 0.3) is 5.56 Å². The van der Waals surface area contributed by atoms with E-state index < -0.39 is 0 Å². The van der Waals surface area contributed by atoms with Gasteiger partial charge in [-0.1, -0.05) is 17.7 Å². The smallest absolute Gasteiger partial charge is 0.275 e. The lowest BCUT2D eigenvalue weighted by molar-refractivity contribution is 0.831. The van der Waals surface area contributed by atoms with Crippen molar-refractivity contribution in [1.82, 2.24) is 9.78 Å². The Hall–Kier alpha value is -1.13. The first kappa shape index (κ1) is 11.0. The molecule has 1 aromatic carbocycles. The molecule has 0 amide bonds. The maximum Gasteiger partial charge on any atom is 0.275 e. The summed E-state index contributed by atoms with van der Waals surface area (Å²) in [6.07, 6.45) is 0. The van der Waals surface area contributed by atoms with Gasteiger partial charge < -0.3 is 0 Å². The van der Waals surface area contributed by atoms with Crippen LogP contribution in [0.3, 0.4) is 0 Å². The average Bonchev–Trinajstić information content (AvgIpc) is 2.86. The predicted molar refractivity (Wildman–Crippen MR) is 71.1 cm³/mol. The Labute approximate surface area is 108 Å². The van der Waals surface area contributed by atoms with Crippen LogP contribution in [0.4, 0.5) is 0 Å². The highest BCUT2D eigenvalue weighted by molar-refractivity contribution is 7.98. The Balaban J connectivity index is 2.16. The summed E-state index contributed by atoms with van der Waals surface area (Å²) in [6.45, 7) is 1.94. The highest BCUT2D eigenvalue weighted by atomic mass is 35.5. The Morgan fingerprint density at radius 3 is 2.94 bits per heavy atom. The number of halogens is 1. The van der Waals surface area contributed by atoms with Crippen molar-refractivity contribution in [3.05, 3.63) is 50.4 Å². The third-order valence-electron chi connectivity index (χ3n) is 2.98. The molecule has 0 bridgehead atoms. The average molecular weight is 267 g/mol. The van der Waals surface area contributed by atoms with E-state index in [4.69, 9.17) is 11.6 Å². The zero-order chi connectivity index (χ0) is 12.0. The van der Waals surface area contributed by atoms with Crippen molar-refractivity contribution in [2.45, 2.75) is 18.4 Å². The molecule has 3 nitrogen and oxygen atoms in total. The van der Waals surface area contributed by atoms with E-state index in [1.54, 1.807) is 16.4 Å². The molecule has 1 aliphatic heterocycles. The molecule has 3 rings (SSSR count). The Morgan fingerprint density at radius 1 is 1.41 bits per heavy atom. The molecule has 0 spiro atoms. The summed E-state index contributed by atoms with van der Waals surface area (Å²) in [7, 11) is 0. The summed E-state index contributed by atoms with van der Waals surface area (Å²) in [4.78, 5) is 12.1. The Kier molecular flexibility index (Phi) is 2.56. The molecule has 0 saturated heterocycles. The molecule has 1 N–H and O–H groups in total. The van der Waals surface area contributed by atoms with E-state index >= 15 is 0 Å². The van der Waals surface area contributed by atoms with Crippen molar-refractivity contribution >= 4 is 23.4 Å². The first-order valence-electron chi connectivity index (χ1n) is 5.34. The molecule has 88 valence electrons. The summed E-state index contributed by atoms with van der Waals surface area (Å²) in [5.74, 6) is 1.69. The van der Waals surface area contributed by atoms with Crippen LogP contribution in [0.5, 0.6) is 0 Å². The number of aromatic nitrogens is 2. The number of hydrogen-bond acceptors (Lipinski definition) is 2. The maximum atomic E-state index is 12.1. The van der Waals surface area contributed by atoms with Crippen molar-refractivity contribution in [3.8, 4) is 5.69 Å². The number of fused-ring (bicyclic) bond motifs is 1. The van der Waals surface area contributed by atoms with Crippen LogP contribution in [-0.2, 0) is 11.5 Å². The molecule has 0 fully saturated rings. The lowest BCUT2D eigenvalue weighted by Crippen LogP contribution is -2.16. The van der Waals surface area contributed by atoms with Gasteiger partial charge in [0.05, 0.1) is 16.9 Å². The van der Waals surface area contributed by atoms with E-state index in [-0.39, 0.29) is 5.56 Å². The second kappa shape index (κ2) is 3.96. The molecular formula is C12H11ClN2OS. The first-order chi connectivity index (χ1) is 8.16. The molecular weight excluding hydrogens is 256 g/mol. The van der Waals surface area contributed by atoms with E-state index in [9.17, 15) is 4.79 Å². The van der Waals surface area contributed by atoms with Crippen LogP contribution < -0.4 is 5.56 Å². The van der Waals surface area contributed by atoms with E-state index in [0.29, 0.717) is 5.02 Å². The van der Waals surface area contributed by atoms with E-state index in [1.807, 2.05) is 25.1 Å². The summed E-state index contributed by atoms with van der Waals surface area (Å²) >= 11 is 7.84. The number of aryl methyl sites for hydroxylation is 1. The zero-order valence-electron chi connectivity index (χ0n) is 9.29. The van der Waals surface area contributed by atoms with Crippen LogP contribution in [0.25, 0.3) is 5.69 Å². The number of nitrogens with one attached hydrogen (secondary N) is 1. The van der Waals surface area contributed by atoms with Crippen molar-refractivity contribution in [2.75, 3.05) is 0 Å². The minimum absolute atomic E-state index is 0.0462. The number of H-pyrrole nitrogens is 1. The SMILES string of the molecule is Cc1ccc(-n2[nH]c3c(c2=O)CSC3)cc1Cl. The van der Waals surface area contributed by atoms with E-state index in [0.717, 1.165) is 34.0 Å². The normalized spacial score (nSPS) is 14.0. The van der Waals surface area contributed by atoms with Gasteiger partial charge in [0, 0.05) is 16.5 Å². The van der Waals surface area contributed by atoms with Crippen LogP contribution in [0, 0.1) is 6.92 Å². The summed E-state index contributed by atoms with van der Waals surface area (Å²) in [5, 5.41) is 3.83. The van der Waals surface area contributed by atoms with Crippen molar-refractivity contribution in [3.63, 3.8) is 0 Å². The maximum absolute atomic E-state index is 12.1. The van der Waals surface area contributed by atoms with Gasteiger partial charge in [-0.15, -0.1) is 0 Å². The monoisotopic (exact) mass is 266 g/mol. The molecule has 0 aliphatic carbocycles. The third-order valence-corrected chi connectivity index (χ3v) is 4.37. The standard InChI is InChI=1S/C12H11ClN2OS/c1-7-2-3-8(4-10(7)13)15-12(16)9-5-17-6-11(9)14-15/h2-4,14H,5-6H2,1H3. The quantitative estimate of drug-likeness (QED) is 0.862. The molecule has 0 radical (unpaired) electrons. The Bertz CT molecular complexity index is 644. The second-order valence-electron chi connectivity index (χ2n) is 4.14. The molecule has 1 aliphatic rings. The van der Waals surface area contributed by atoms with Gasteiger partial charge in [0.15, 0.2) is 0 Å². The summed E-state index contributed by atoms with van der Waals surface area (Å²) in [6, 6.07) is 5.64. The summed E-state index contributed by atoms with van der Waals surface area (Å²) < 4.78 is 1.58. The Morgan fingerprint density at radius 2 is 2.24 bits per heavy atom. The van der Waals surface area contributed by atoms with Crippen molar-refractivity contribution in [2.24, 2.45) is 0 Å². The number of benzene rings is 1. The number of hydrogen-bond donors (Lipinski definition) is 1. The van der Waals surface area contributed by atoms with Crippen LogP contribution in [0.1, 0.15) is 16.8 Å². The molecule has 17 heavy (non-hydrogen) atoms. The topological polar surface area (TPSA) is 37.8 Å². The molecule has 1 aromatic heterocycles. The molecule has 0 atom stereocenters. The van der Waals surface area contributed by atoms with Gasteiger partial charge in [0.2, 0.25) is 0 Å². The van der Waals surface area contributed by atoms with Crippen LogP contribution in [0.2, 0.25) is 5.02 Å². The van der Waals surface area contributed by atoms with Gasteiger partial charge in [-0.3, -0.25) is 9.89 Å². The van der Waals surface area contributed by atoms with Gasteiger partial charge in [-0.25, -0.2) is 4.68 Å². The fourth-order valence-corrected chi connectivity index (χ4v) is 3.16. The highest BCUT2D eigenvalue weighted by Crippen LogP contribution is 2.27. The van der Waals surface area contributed by atoms with Crippen LogP contribution in [0.15, 0.2) is 23.0 Å². The number of nitrogens with zero attached hydrogens (tertiary/aromatic N) is 1. The van der Waals surface area contributed by atoms with E-state index in [1.165, 1.54) is 0 Å². The largest absolute Gasteiger partial charge is 0.294 e. The van der Waals surface area contributed by atoms with Gasteiger partial charge in [0.1, 0.15) is 0 Å². The minimum atomic E-state index is 0.0462. The first-order valence-corrected chi connectivity index (χ1v) is 6.87. The van der Waals surface area contributed by atoms with Crippen LogP contribution in [-0.4, -0.2) is 9.78 Å². The zero-order valence-corrected chi connectivity index (χ0v) is 10.9. The molecule has 0 saturated carbocycles. The van der Waals surface area contributed by atoms with Gasteiger partial charge in [-0.2, -0.15) is 11.8 Å². The predicted octanol–water partition coefficient (Wildman–Crippen LogP) is 2.87. The van der Waals surface area contributed by atoms with Crippen molar-refractivity contribution < 1.29 is 0 Å². The van der Waals surface area contributed by atoms with E-state index in [2.05, 4.69) is 5.10 Å². The fourth-order valence-electron chi connectivity index (χ4n) is 1.94. The van der Waals surface area contributed by atoms with Crippen LogP contribution >= 0.6 is 23.4 Å². The summed E-state index contributed by atoms with van der Waals surface area (Å²) in [5.41, 5.74) is 3.79. The van der Waals surface area contributed by atoms with Gasteiger partial charge in [-0.05, 0) is 24.6 Å². The third kappa shape index (κ3) is 1.72. The van der Waals surface area contributed by atoms with Gasteiger partial charge >= 0.3 is 0 Å². The van der Waals surface area contributed by atoms with Crippen molar-refractivity contribution in [1.29, 1.82) is 0 Å². The molecule has 0 unspecified atom stereocenters. The lowest BCUT2D eigenvalue weighted by Gasteiger charge is -2.04. The minimum Gasteiger partial charge on any atom is -0.294 e. The second-order valence-corrected chi connectivity index (χ2v) is 5.53.